The summed E-state index contributed by atoms with van der Waals surface area (Å²) in [4.78, 5) is 12.2. The van der Waals surface area contributed by atoms with Gasteiger partial charge in [0, 0.05) is 12.3 Å². The van der Waals surface area contributed by atoms with E-state index in [-0.39, 0.29) is 17.6 Å². The van der Waals surface area contributed by atoms with E-state index in [1.165, 1.54) is 5.56 Å². The minimum atomic E-state index is -0.279. The summed E-state index contributed by atoms with van der Waals surface area (Å²) >= 11 is 0. The van der Waals surface area contributed by atoms with Crippen LogP contribution in [0.1, 0.15) is 41.6 Å². The van der Waals surface area contributed by atoms with E-state index in [1.54, 1.807) is 6.07 Å². The number of benzene rings is 1. The molecule has 120 valence electrons. The Kier molecular flexibility index (Phi) is 4.43. The van der Waals surface area contributed by atoms with Gasteiger partial charge in [0.2, 0.25) is 5.76 Å². The van der Waals surface area contributed by atoms with E-state index < -0.39 is 0 Å². The summed E-state index contributed by atoms with van der Waals surface area (Å²) < 4.78 is 5.10. The fourth-order valence-corrected chi connectivity index (χ4v) is 2.30. The molecule has 0 aliphatic carbocycles. The van der Waals surface area contributed by atoms with Crippen molar-refractivity contribution in [1.29, 1.82) is 0 Å². The van der Waals surface area contributed by atoms with Crippen molar-refractivity contribution >= 4 is 5.91 Å². The molecular weight excluding hydrogens is 292 g/mol. The molecule has 0 spiro atoms. The van der Waals surface area contributed by atoms with Gasteiger partial charge in [-0.15, -0.1) is 0 Å². The van der Waals surface area contributed by atoms with Gasteiger partial charge in [-0.3, -0.25) is 4.79 Å². The smallest absolute Gasteiger partial charge is 0.294 e. The number of hydrazine groups is 1. The third-order valence-corrected chi connectivity index (χ3v) is 3.60. The van der Waals surface area contributed by atoms with Crippen molar-refractivity contribution in [2.75, 3.05) is 6.54 Å². The second kappa shape index (κ2) is 6.66. The molecule has 6 heteroatoms. The summed E-state index contributed by atoms with van der Waals surface area (Å²) in [5, 5.41) is 8.70. The zero-order chi connectivity index (χ0) is 16.2. The van der Waals surface area contributed by atoms with Crippen molar-refractivity contribution in [3.05, 3.63) is 65.3 Å². The van der Waals surface area contributed by atoms with Gasteiger partial charge in [0.15, 0.2) is 0 Å². The minimum absolute atomic E-state index is 0.231. The van der Waals surface area contributed by atoms with Crippen LogP contribution < -0.4 is 10.7 Å². The van der Waals surface area contributed by atoms with Gasteiger partial charge in [-0.2, -0.15) is 0 Å². The van der Waals surface area contributed by atoms with Crippen LogP contribution in [-0.2, 0) is 6.54 Å². The van der Waals surface area contributed by atoms with Crippen molar-refractivity contribution in [3.63, 3.8) is 0 Å². The lowest BCUT2D eigenvalue weighted by Gasteiger charge is -2.15. The highest BCUT2D eigenvalue weighted by Crippen LogP contribution is 2.14. The van der Waals surface area contributed by atoms with E-state index in [0.717, 1.165) is 17.9 Å². The van der Waals surface area contributed by atoms with Crippen LogP contribution in [0.4, 0.5) is 0 Å². The molecule has 1 amide bonds. The predicted molar refractivity (Wildman–Crippen MR) is 86.1 cm³/mol. The third kappa shape index (κ3) is 3.78. The molecule has 2 N–H and O–H groups in total. The summed E-state index contributed by atoms with van der Waals surface area (Å²) in [5.41, 5.74) is 5.99. The van der Waals surface area contributed by atoms with E-state index in [1.807, 2.05) is 43.3 Å². The predicted octanol–water partition coefficient (Wildman–Crippen LogP) is 2.39. The van der Waals surface area contributed by atoms with Crippen LogP contribution in [0.3, 0.4) is 0 Å². The van der Waals surface area contributed by atoms with Crippen molar-refractivity contribution in [2.24, 2.45) is 0 Å². The second-order valence-electron chi connectivity index (χ2n) is 5.83. The SMILES string of the molecule is CC(C)c1cc(C(=O)NC2=CN(Cc3ccccc3)NC2)on1. The van der Waals surface area contributed by atoms with Gasteiger partial charge in [-0.05, 0) is 11.5 Å². The molecule has 0 radical (unpaired) electrons. The molecule has 0 unspecified atom stereocenters. The van der Waals surface area contributed by atoms with E-state index in [0.29, 0.717) is 6.54 Å². The number of aromatic nitrogens is 1. The van der Waals surface area contributed by atoms with Crippen LogP contribution in [0, 0.1) is 0 Å². The van der Waals surface area contributed by atoms with Crippen molar-refractivity contribution in [3.8, 4) is 0 Å². The van der Waals surface area contributed by atoms with Crippen LogP contribution in [0.2, 0.25) is 0 Å². The summed E-state index contributed by atoms with van der Waals surface area (Å²) in [6.45, 7) is 5.32. The van der Waals surface area contributed by atoms with Crippen molar-refractivity contribution < 1.29 is 9.32 Å². The first-order valence-electron chi connectivity index (χ1n) is 7.64. The van der Waals surface area contributed by atoms with Gasteiger partial charge in [0.1, 0.15) is 0 Å². The molecule has 2 aromatic rings. The molecule has 6 nitrogen and oxygen atoms in total. The molecule has 1 aliphatic rings. The normalized spacial score (nSPS) is 14.2. The quantitative estimate of drug-likeness (QED) is 0.887. The Morgan fingerprint density at radius 2 is 2.17 bits per heavy atom. The highest BCUT2D eigenvalue weighted by Gasteiger charge is 2.18. The zero-order valence-electron chi connectivity index (χ0n) is 13.2. The topological polar surface area (TPSA) is 70.4 Å². The van der Waals surface area contributed by atoms with Crippen molar-refractivity contribution in [2.45, 2.75) is 26.3 Å². The van der Waals surface area contributed by atoms with Crippen LogP contribution >= 0.6 is 0 Å². The van der Waals surface area contributed by atoms with Crippen LogP contribution in [0.5, 0.6) is 0 Å². The van der Waals surface area contributed by atoms with Crippen LogP contribution in [-0.4, -0.2) is 22.6 Å². The fraction of sp³-hybridized carbons (Fsp3) is 0.294. The molecule has 0 saturated carbocycles. The average Bonchev–Trinajstić information content (AvgIpc) is 3.18. The Balaban J connectivity index is 1.59. The van der Waals surface area contributed by atoms with E-state index in [2.05, 4.69) is 28.0 Å². The van der Waals surface area contributed by atoms with Gasteiger partial charge in [0.05, 0.1) is 24.5 Å². The summed E-state index contributed by atoms with van der Waals surface area (Å²) in [5.74, 6) is 0.184. The maximum atomic E-state index is 12.2. The summed E-state index contributed by atoms with van der Waals surface area (Å²) in [7, 11) is 0. The highest BCUT2D eigenvalue weighted by molar-refractivity contribution is 5.92. The molecule has 1 aromatic carbocycles. The Morgan fingerprint density at radius 3 is 2.87 bits per heavy atom. The molecule has 1 aliphatic heterocycles. The number of hydrogen-bond acceptors (Lipinski definition) is 5. The van der Waals surface area contributed by atoms with E-state index >= 15 is 0 Å². The maximum Gasteiger partial charge on any atom is 0.294 e. The van der Waals surface area contributed by atoms with Gasteiger partial charge in [-0.1, -0.05) is 49.3 Å². The van der Waals surface area contributed by atoms with Crippen molar-refractivity contribution in [1.82, 2.24) is 20.9 Å². The number of carbonyl (C=O) groups is 1. The number of hydrogen-bond donors (Lipinski definition) is 2. The highest BCUT2D eigenvalue weighted by atomic mass is 16.5. The zero-order valence-corrected chi connectivity index (χ0v) is 13.2. The largest absolute Gasteiger partial charge is 0.351 e. The Hall–Kier alpha value is -2.60. The molecule has 3 rings (SSSR count). The average molecular weight is 312 g/mol. The lowest BCUT2D eigenvalue weighted by atomic mass is 10.1. The fourth-order valence-electron chi connectivity index (χ4n) is 2.30. The Bertz CT molecular complexity index is 706. The van der Waals surface area contributed by atoms with Crippen LogP contribution in [0.15, 0.2) is 52.8 Å². The molecule has 2 heterocycles. The molecule has 0 atom stereocenters. The minimum Gasteiger partial charge on any atom is -0.351 e. The lowest BCUT2D eigenvalue weighted by Crippen LogP contribution is -2.29. The monoisotopic (exact) mass is 312 g/mol. The number of amides is 1. The Labute approximate surface area is 135 Å². The maximum absolute atomic E-state index is 12.2. The second-order valence-corrected chi connectivity index (χ2v) is 5.83. The molecule has 1 aromatic heterocycles. The van der Waals surface area contributed by atoms with Gasteiger partial charge < -0.3 is 14.8 Å². The first-order chi connectivity index (χ1) is 11.1. The molecule has 0 saturated heterocycles. The first-order valence-corrected chi connectivity index (χ1v) is 7.64. The van der Waals surface area contributed by atoms with Crippen LogP contribution in [0.25, 0.3) is 0 Å². The number of nitrogens with one attached hydrogen (secondary N) is 2. The van der Waals surface area contributed by atoms with Gasteiger partial charge >= 0.3 is 0 Å². The Morgan fingerprint density at radius 1 is 1.39 bits per heavy atom. The third-order valence-electron chi connectivity index (χ3n) is 3.60. The molecule has 0 fully saturated rings. The number of nitrogens with zero attached hydrogens (tertiary/aromatic N) is 2. The lowest BCUT2D eigenvalue weighted by molar-refractivity contribution is 0.0929. The molecule has 23 heavy (non-hydrogen) atoms. The molecular formula is C17H20N4O2. The first kappa shape index (κ1) is 15.3. The number of carbonyl (C=O) groups excluding carboxylic acids is 1. The number of rotatable bonds is 5. The summed E-state index contributed by atoms with van der Waals surface area (Å²) in [6, 6.07) is 11.8. The van der Waals surface area contributed by atoms with Gasteiger partial charge in [-0.25, -0.2) is 5.43 Å². The standard InChI is InChI=1S/C17H20N4O2/c1-12(2)15-8-16(23-20-15)17(22)19-14-9-18-21(11-14)10-13-6-4-3-5-7-13/h3-8,11-12,18H,9-10H2,1-2H3,(H,19,22). The van der Waals surface area contributed by atoms with E-state index in [9.17, 15) is 4.79 Å². The van der Waals surface area contributed by atoms with E-state index in [4.69, 9.17) is 4.52 Å². The van der Waals surface area contributed by atoms with Gasteiger partial charge in [0.25, 0.3) is 5.91 Å². The molecule has 0 bridgehead atoms. The summed E-state index contributed by atoms with van der Waals surface area (Å²) in [6.07, 6.45) is 1.89.